The maximum Gasteiger partial charge on any atom is 0.248 e. The third kappa shape index (κ3) is 5.89. The van der Waals surface area contributed by atoms with Crippen LogP contribution >= 0.6 is 34.8 Å². The highest BCUT2D eigenvalue weighted by Gasteiger charge is 2.08. The zero-order valence-electron chi connectivity index (χ0n) is 15.8. The first kappa shape index (κ1) is 22.0. The molecule has 0 atom stereocenters. The molecular weight excluding hydrogens is 447 g/mol. The highest BCUT2D eigenvalue weighted by atomic mass is 35.5. The molecule has 2 N–H and O–H groups in total. The molecule has 0 saturated carbocycles. The Labute approximate surface area is 188 Å². The number of furan rings is 1. The molecule has 8 heteroatoms. The van der Waals surface area contributed by atoms with Crippen molar-refractivity contribution in [3.63, 3.8) is 0 Å². The average molecular weight is 464 g/mol. The summed E-state index contributed by atoms with van der Waals surface area (Å²) in [6, 6.07) is 13.4. The summed E-state index contributed by atoms with van der Waals surface area (Å²) in [5, 5.41) is 6.75. The predicted octanol–water partition coefficient (Wildman–Crippen LogP) is 6.91. The Morgan fingerprint density at radius 1 is 0.967 bits per heavy atom. The molecule has 0 radical (unpaired) electrons. The van der Waals surface area contributed by atoms with E-state index in [9.17, 15) is 9.59 Å². The molecule has 0 unspecified atom stereocenters. The van der Waals surface area contributed by atoms with Crippen molar-refractivity contribution in [3.05, 3.63) is 75.4 Å². The van der Waals surface area contributed by atoms with Crippen molar-refractivity contribution in [2.45, 2.75) is 13.3 Å². The van der Waals surface area contributed by atoms with Crippen LogP contribution in [0, 0.1) is 0 Å². The summed E-state index contributed by atoms with van der Waals surface area (Å²) in [6.45, 7) is 1.75. The Kier molecular flexibility index (Phi) is 7.21. The normalized spacial score (nSPS) is 10.9. The molecule has 1 aromatic heterocycles. The van der Waals surface area contributed by atoms with Gasteiger partial charge in [-0.15, -0.1) is 0 Å². The smallest absolute Gasteiger partial charge is 0.248 e. The predicted molar refractivity (Wildman–Crippen MR) is 122 cm³/mol. The standard InChI is InChI=1S/C22H17Cl3N2O3/c1-2-21(28)26-16-3-6-18(25)19(12-16)27-22(29)8-5-17-4-7-20(30-17)13-9-14(23)11-15(24)10-13/h3-12H,2H2,1H3,(H,26,28)(H,27,29)/b8-5+. The lowest BCUT2D eigenvalue weighted by atomic mass is 10.2. The number of nitrogens with one attached hydrogen (secondary N) is 2. The number of hydrogen-bond donors (Lipinski definition) is 2. The summed E-state index contributed by atoms with van der Waals surface area (Å²) < 4.78 is 5.72. The van der Waals surface area contributed by atoms with Crippen molar-refractivity contribution in [3.8, 4) is 11.3 Å². The van der Waals surface area contributed by atoms with E-state index in [4.69, 9.17) is 39.2 Å². The van der Waals surface area contributed by atoms with Crippen molar-refractivity contribution in [1.82, 2.24) is 0 Å². The quantitative estimate of drug-likeness (QED) is 0.390. The molecular formula is C22H17Cl3N2O3. The van der Waals surface area contributed by atoms with Gasteiger partial charge in [-0.3, -0.25) is 9.59 Å². The fourth-order valence-corrected chi connectivity index (χ4v) is 3.26. The summed E-state index contributed by atoms with van der Waals surface area (Å²) in [5.41, 5.74) is 1.66. The van der Waals surface area contributed by atoms with Crippen molar-refractivity contribution < 1.29 is 14.0 Å². The number of amides is 2. The number of carbonyl (C=O) groups is 2. The molecule has 0 aliphatic carbocycles. The first-order valence-electron chi connectivity index (χ1n) is 8.99. The van der Waals surface area contributed by atoms with Crippen molar-refractivity contribution >= 4 is 64.1 Å². The number of anilines is 2. The summed E-state index contributed by atoms with van der Waals surface area (Å²) in [4.78, 5) is 23.8. The number of carbonyl (C=O) groups excluding carboxylic acids is 2. The van der Waals surface area contributed by atoms with Crippen LogP contribution in [-0.2, 0) is 9.59 Å². The van der Waals surface area contributed by atoms with Gasteiger partial charge in [-0.2, -0.15) is 0 Å². The Morgan fingerprint density at radius 3 is 2.40 bits per heavy atom. The SMILES string of the molecule is CCC(=O)Nc1ccc(Cl)c(NC(=O)/C=C/c2ccc(-c3cc(Cl)cc(Cl)c3)o2)c1. The fraction of sp³-hybridized carbons (Fsp3) is 0.0909. The zero-order valence-corrected chi connectivity index (χ0v) is 18.1. The molecule has 2 amide bonds. The van der Waals surface area contributed by atoms with Gasteiger partial charge in [0.1, 0.15) is 11.5 Å². The minimum absolute atomic E-state index is 0.135. The Hall–Kier alpha value is -2.73. The fourth-order valence-electron chi connectivity index (χ4n) is 2.57. The van der Waals surface area contributed by atoms with Gasteiger partial charge >= 0.3 is 0 Å². The van der Waals surface area contributed by atoms with Gasteiger partial charge in [-0.1, -0.05) is 41.7 Å². The lowest BCUT2D eigenvalue weighted by molar-refractivity contribution is -0.116. The van der Waals surface area contributed by atoms with Crippen LogP contribution in [0.25, 0.3) is 17.4 Å². The van der Waals surface area contributed by atoms with Crippen LogP contribution < -0.4 is 10.6 Å². The number of rotatable bonds is 6. The average Bonchev–Trinajstić information content (AvgIpc) is 3.17. The topological polar surface area (TPSA) is 71.3 Å². The van der Waals surface area contributed by atoms with Gasteiger partial charge in [-0.25, -0.2) is 0 Å². The number of benzene rings is 2. The van der Waals surface area contributed by atoms with E-state index in [2.05, 4.69) is 10.6 Å². The van der Waals surface area contributed by atoms with Crippen LogP contribution in [0.15, 0.2) is 59.0 Å². The maximum atomic E-state index is 12.3. The van der Waals surface area contributed by atoms with E-state index in [1.54, 1.807) is 55.5 Å². The lowest BCUT2D eigenvalue weighted by Gasteiger charge is -2.09. The van der Waals surface area contributed by atoms with Crippen LogP contribution in [0.5, 0.6) is 0 Å². The number of hydrogen-bond acceptors (Lipinski definition) is 3. The second kappa shape index (κ2) is 9.85. The molecule has 0 aliphatic rings. The van der Waals surface area contributed by atoms with E-state index >= 15 is 0 Å². The van der Waals surface area contributed by atoms with E-state index in [0.29, 0.717) is 44.4 Å². The van der Waals surface area contributed by atoms with Gasteiger partial charge in [0.2, 0.25) is 11.8 Å². The molecule has 0 aliphatic heterocycles. The van der Waals surface area contributed by atoms with E-state index in [1.807, 2.05) is 0 Å². The first-order valence-corrected chi connectivity index (χ1v) is 10.1. The van der Waals surface area contributed by atoms with Crippen LogP contribution in [0.2, 0.25) is 15.1 Å². The summed E-state index contributed by atoms with van der Waals surface area (Å²) in [7, 11) is 0. The minimum atomic E-state index is -0.403. The first-order chi connectivity index (χ1) is 14.3. The van der Waals surface area contributed by atoms with Crippen LogP contribution in [0.4, 0.5) is 11.4 Å². The Balaban J connectivity index is 1.69. The van der Waals surface area contributed by atoms with E-state index in [0.717, 1.165) is 5.56 Å². The number of halogens is 3. The van der Waals surface area contributed by atoms with Gasteiger partial charge < -0.3 is 15.1 Å². The molecule has 3 rings (SSSR count). The Bertz CT molecular complexity index is 1100. The second-order valence-corrected chi connectivity index (χ2v) is 7.56. The molecule has 1 heterocycles. The highest BCUT2D eigenvalue weighted by Crippen LogP contribution is 2.29. The van der Waals surface area contributed by atoms with Crippen LogP contribution in [-0.4, -0.2) is 11.8 Å². The summed E-state index contributed by atoms with van der Waals surface area (Å²) in [5.74, 6) is 0.511. The van der Waals surface area contributed by atoms with Gasteiger partial charge in [0.05, 0.1) is 10.7 Å². The van der Waals surface area contributed by atoms with Gasteiger partial charge in [0, 0.05) is 33.8 Å². The monoisotopic (exact) mass is 462 g/mol. The second-order valence-electron chi connectivity index (χ2n) is 6.28. The molecule has 30 heavy (non-hydrogen) atoms. The van der Waals surface area contributed by atoms with Gasteiger partial charge in [0.15, 0.2) is 0 Å². The van der Waals surface area contributed by atoms with Crippen LogP contribution in [0.3, 0.4) is 0 Å². The van der Waals surface area contributed by atoms with Crippen molar-refractivity contribution in [2.24, 2.45) is 0 Å². The van der Waals surface area contributed by atoms with Crippen LogP contribution in [0.1, 0.15) is 19.1 Å². The molecule has 3 aromatic rings. The molecule has 0 spiro atoms. The largest absolute Gasteiger partial charge is 0.457 e. The van der Waals surface area contributed by atoms with Crippen molar-refractivity contribution in [2.75, 3.05) is 10.6 Å². The minimum Gasteiger partial charge on any atom is -0.457 e. The molecule has 5 nitrogen and oxygen atoms in total. The van der Waals surface area contributed by atoms with Gasteiger partial charge in [-0.05, 0) is 54.6 Å². The van der Waals surface area contributed by atoms with E-state index in [1.165, 1.54) is 12.2 Å². The van der Waals surface area contributed by atoms with Gasteiger partial charge in [0.25, 0.3) is 0 Å². The molecule has 0 saturated heterocycles. The molecule has 0 bridgehead atoms. The highest BCUT2D eigenvalue weighted by molar-refractivity contribution is 6.35. The van der Waals surface area contributed by atoms with E-state index < -0.39 is 5.91 Å². The summed E-state index contributed by atoms with van der Waals surface area (Å²) >= 11 is 18.2. The zero-order chi connectivity index (χ0) is 21.7. The molecule has 154 valence electrons. The molecule has 2 aromatic carbocycles. The van der Waals surface area contributed by atoms with Crippen molar-refractivity contribution in [1.29, 1.82) is 0 Å². The molecule has 0 fully saturated rings. The summed E-state index contributed by atoms with van der Waals surface area (Å²) in [6.07, 6.45) is 3.20. The third-order valence-corrected chi connectivity index (χ3v) is 4.77. The third-order valence-electron chi connectivity index (χ3n) is 4.00. The van der Waals surface area contributed by atoms with E-state index in [-0.39, 0.29) is 5.91 Å². The lowest BCUT2D eigenvalue weighted by Crippen LogP contribution is -2.11. The Morgan fingerprint density at radius 2 is 1.70 bits per heavy atom. The maximum absolute atomic E-state index is 12.3.